The van der Waals surface area contributed by atoms with E-state index in [9.17, 15) is 0 Å². The molecule has 14 heavy (non-hydrogen) atoms. The third-order valence-corrected chi connectivity index (χ3v) is 3.70. The smallest absolute Gasteiger partial charge is 0.0122 e. The molecule has 0 aromatic carbocycles. The van der Waals surface area contributed by atoms with Crippen molar-refractivity contribution in [1.29, 1.82) is 0 Å². The number of piperidine rings is 1. The van der Waals surface area contributed by atoms with Gasteiger partial charge in [-0.1, -0.05) is 6.42 Å². The Morgan fingerprint density at radius 2 is 2.07 bits per heavy atom. The standard InChI is InChI=1S/C12H26N2/c1-12(2,13-3)9-8-11-7-5-6-10-14(11)4/h11,13H,5-10H2,1-4H3. The Labute approximate surface area is 89.1 Å². The minimum absolute atomic E-state index is 0.304. The van der Waals surface area contributed by atoms with Crippen molar-refractivity contribution < 1.29 is 0 Å². The summed E-state index contributed by atoms with van der Waals surface area (Å²) in [5.74, 6) is 0. The zero-order valence-electron chi connectivity index (χ0n) is 10.3. The second kappa shape index (κ2) is 5.13. The molecule has 2 heteroatoms. The lowest BCUT2D eigenvalue weighted by Crippen LogP contribution is -2.41. The topological polar surface area (TPSA) is 15.3 Å². The summed E-state index contributed by atoms with van der Waals surface area (Å²) >= 11 is 0. The molecule has 0 bridgehead atoms. The van der Waals surface area contributed by atoms with Crippen LogP contribution < -0.4 is 5.32 Å². The van der Waals surface area contributed by atoms with E-state index in [1.165, 1.54) is 38.6 Å². The fourth-order valence-electron chi connectivity index (χ4n) is 2.16. The fourth-order valence-corrected chi connectivity index (χ4v) is 2.16. The van der Waals surface area contributed by atoms with E-state index < -0.39 is 0 Å². The summed E-state index contributed by atoms with van der Waals surface area (Å²) in [4.78, 5) is 2.54. The van der Waals surface area contributed by atoms with Gasteiger partial charge in [-0.15, -0.1) is 0 Å². The third kappa shape index (κ3) is 3.58. The average Bonchev–Trinajstić information content (AvgIpc) is 2.17. The van der Waals surface area contributed by atoms with Crippen LogP contribution >= 0.6 is 0 Å². The molecule has 1 N–H and O–H groups in total. The summed E-state index contributed by atoms with van der Waals surface area (Å²) in [6, 6.07) is 0.830. The van der Waals surface area contributed by atoms with Crippen LogP contribution in [0.5, 0.6) is 0 Å². The number of nitrogens with one attached hydrogen (secondary N) is 1. The molecule has 1 atom stereocenters. The number of rotatable bonds is 4. The number of hydrogen-bond acceptors (Lipinski definition) is 2. The molecule has 1 aliphatic rings. The molecule has 2 nitrogen and oxygen atoms in total. The van der Waals surface area contributed by atoms with Gasteiger partial charge >= 0.3 is 0 Å². The number of nitrogens with zero attached hydrogens (tertiary/aromatic N) is 1. The molecule has 1 saturated heterocycles. The normalized spacial score (nSPS) is 25.3. The molecular weight excluding hydrogens is 172 g/mol. The first-order chi connectivity index (χ1) is 6.55. The Bertz CT molecular complexity index is 166. The lowest BCUT2D eigenvalue weighted by Gasteiger charge is -2.35. The van der Waals surface area contributed by atoms with Crippen LogP contribution in [0.2, 0.25) is 0 Å². The van der Waals surface area contributed by atoms with Gasteiger partial charge in [0, 0.05) is 11.6 Å². The van der Waals surface area contributed by atoms with Crippen molar-refractivity contribution >= 4 is 0 Å². The van der Waals surface area contributed by atoms with Crippen LogP contribution in [0, 0.1) is 0 Å². The highest BCUT2D eigenvalue weighted by atomic mass is 15.1. The van der Waals surface area contributed by atoms with Crippen LogP contribution in [0.15, 0.2) is 0 Å². The van der Waals surface area contributed by atoms with Gasteiger partial charge in [-0.05, 0) is 60.2 Å². The van der Waals surface area contributed by atoms with Gasteiger partial charge in [-0.25, -0.2) is 0 Å². The van der Waals surface area contributed by atoms with Crippen LogP contribution in [-0.2, 0) is 0 Å². The van der Waals surface area contributed by atoms with Crippen molar-refractivity contribution in [3.63, 3.8) is 0 Å². The lowest BCUT2D eigenvalue weighted by molar-refractivity contribution is 0.163. The minimum atomic E-state index is 0.304. The number of likely N-dealkylation sites (tertiary alicyclic amines) is 1. The van der Waals surface area contributed by atoms with Gasteiger partial charge in [0.2, 0.25) is 0 Å². The zero-order chi connectivity index (χ0) is 10.6. The first-order valence-corrected chi connectivity index (χ1v) is 5.94. The maximum atomic E-state index is 3.38. The molecule has 84 valence electrons. The summed E-state index contributed by atoms with van der Waals surface area (Å²) < 4.78 is 0. The molecule has 1 unspecified atom stereocenters. The van der Waals surface area contributed by atoms with Crippen molar-refractivity contribution in [2.45, 2.75) is 57.5 Å². The summed E-state index contributed by atoms with van der Waals surface area (Å²) in [6.45, 7) is 5.87. The van der Waals surface area contributed by atoms with Crippen LogP contribution in [0.1, 0.15) is 46.0 Å². The van der Waals surface area contributed by atoms with E-state index in [2.05, 4.69) is 38.2 Å². The first kappa shape index (κ1) is 12.0. The predicted octanol–water partition coefficient (Wildman–Crippen LogP) is 2.25. The SMILES string of the molecule is CNC(C)(C)CCC1CCCCN1C. The van der Waals surface area contributed by atoms with E-state index in [0.29, 0.717) is 5.54 Å². The van der Waals surface area contributed by atoms with Crippen LogP contribution in [0.4, 0.5) is 0 Å². The monoisotopic (exact) mass is 198 g/mol. The van der Waals surface area contributed by atoms with Gasteiger partial charge in [-0.3, -0.25) is 0 Å². The summed E-state index contributed by atoms with van der Waals surface area (Å²) in [7, 11) is 4.33. The quantitative estimate of drug-likeness (QED) is 0.745. The van der Waals surface area contributed by atoms with E-state index >= 15 is 0 Å². The molecule has 0 amide bonds. The summed E-state index contributed by atoms with van der Waals surface area (Å²) in [6.07, 6.45) is 6.83. The van der Waals surface area contributed by atoms with Crippen molar-refractivity contribution in [3.8, 4) is 0 Å². The van der Waals surface area contributed by atoms with Gasteiger partial charge in [0.15, 0.2) is 0 Å². The van der Waals surface area contributed by atoms with Crippen LogP contribution in [0.25, 0.3) is 0 Å². The summed E-state index contributed by atoms with van der Waals surface area (Å²) in [5.41, 5.74) is 0.304. The van der Waals surface area contributed by atoms with Gasteiger partial charge < -0.3 is 10.2 Å². The highest BCUT2D eigenvalue weighted by molar-refractivity contribution is 4.81. The molecular formula is C12H26N2. The largest absolute Gasteiger partial charge is 0.315 e. The number of hydrogen-bond donors (Lipinski definition) is 1. The van der Waals surface area contributed by atoms with Gasteiger partial charge in [0.1, 0.15) is 0 Å². The van der Waals surface area contributed by atoms with Gasteiger partial charge in [-0.2, -0.15) is 0 Å². The molecule has 0 aromatic heterocycles. The van der Waals surface area contributed by atoms with E-state index in [4.69, 9.17) is 0 Å². The van der Waals surface area contributed by atoms with Crippen LogP contribution in [-0.4, -0.2) is 37.1 Å². The van der Waals surface area contributed by atoms with Crippen LogP contribution in [0.3, 0.4) is 0 Å². The molecule has 1 fully saturated rings. The van der Waals surface area contributed by atoms with E-state index in [0.717, 1.165) is 6.04 Å². The van der Waals surface area contributed by atoms with Crippen molar-refractivity contribution in [3.05, 3.63) is 0 Å². The zero-order valence-corrected chi connectivity index (χ0v) is 10.3. The Balaban J connectivity index is 2.29. The molecule has 0 spiro atoms. The molecule has 0 saturated carbocycles. The fraction of sp³-hybridized carbons (Fsp3) is 1.00. The highest BCUT2D eigenvalue weighted by Gasteiger charge is 2.22. The lowest BCUT2D eigenvalue weighted by atomic mass is 9.91. The van der Waals surface area contributed by atoms with E-state index in [1.54, 1.807) is 0 Å². The first-order valence-electron chi connectivity index (χ1n) is 5.94. The Kier molecular flexibility index (Phi) is 4.39. The molecule has 0 aromatic rings. The minimum Gasteiger partial charge on any atom is -0.315 e. The Hall–Kier alpha value is -0.0800. The molecule has 1 aliphatic heterocycles. The Morgan fingerprint density at radius 1 is 1.36 bits per heavy atom. The molecule has 0 aliphatic carbocycles. The second-order valence-electron chi connectivity index (χ2n) is 5.30. The van der Waals surface area contributed by atoms with Crippen molar-refractivity contribution in [2.24, 2.45) is 0 Å². The van der Waals surface area contributed by atoms with Crippen molar-refractivity contribution in [2.75, 3.05) is 20.6 Å². The Morgan fingerprint density at radius 3 is 2.64 bits per heavy atom. The predicted molar refractivity (Wildman–Crippen MR) is 62.6 cm³/mol. The van der Waals surface area contributed by atoms with E-state index in [-0.39, 0.29) is 0 Å². The average molecular weight is 198 g/mol. The maximum absolute atomic E-state index is 3.38. The van der Waals surface area contributed by atoms with Gasteiger partial charge in [0.05, 0.1) is 0 Å². The third-order valence-electron chi connectivity index (χ3n) is 3.70. The second-order valence-corrected chi connectivity index (χ2v) is 5.30. The van der Waals surface area contributed by atoms with E-state index in [1.807, 2.05) is 0 Å². The summed E-state index contributed by atoms with van der Waals surface area (Å²) in [5, 5.41) is 3.38. The maximum Gasteiger partial charge on any atom is 0.0122 e. The highest BCUT2D eigenvalue weighted by Crippen LogP contribution is 2.22. The van der Waals surface area contributed by atoms with Crippen molar-refractivity contribution in [1.82, 2.24) is 10.2 Å². The van der Waals surface area contributed by atoms with Gasteiger partial charge in [0.25, 0.3) is 0 Å². The molecule has 1 rings (SSSR count). The molecule has 1 heterocycles. The molecule has 0 radical (unpaired) electrons.